The van der Waals surface area contributed by atoms with E-state index in [1.54, 1.807) is 0 Å². The third kappa shape index (κ3) is 3.68. The zero-order valence-corrected chi connectivity index (χ0v) is 17.1. The largest absolute Gasteiger partial charge is 0.493 e. The lowest BCUT2D eigenvalue weighted by Gasteiger charge is -2.39. The van der Waals surface area contributed by atoms with Gasteiger partial charge >= 0.3 is 0 Å². The maximum atomic E-state index is 13.1. The van der Waals surface area contributed by atoms with Gasteiger partial charge in [0.1, 0.15) is 5.75 Å². The van der Waals surface area contributed by atoms with Gasteiger partial charge in [-0.1, -0.05) is 19.3 Å². The average Bonchev–Trinajstić information content (AvgIpc) is 3.31. The molecule has 0 bridgehead atoms. The Morgan fingerprint density at radius 3 is 2.75 bits per heavy atom. The van der Waals surface area contributed by atoms with Crippen molar-refractivity contribution >= 4 is 5.91 Å². The highest BCUT2D eigenvalue weighted by Gasteiger charge is 2.42. The van der Waals surface area contributed by atoms with E-state index in [4.69, 9.17) is 4.74 Å². The average molecular weight is 383 g/mol. The van der Waals surface area contributed by atoms with Crippen LogP contribution in [0.25, 0.3) is 0 Å². The molecule has 1 aromatic rings. The highest BCUT2D eigenvalue weighted by molar-refractivity contribution is 5.95. The maximum absolute atomic E-state index is 13.1. The number of nitrogens with zero attached hydrogens (tertiary/aromatic N) is 2. The zero-order chi connectivity index (χ0) is 19.0. The molecule has 1 saturated carbocycles. The van der Waals surface area contributed by atoms with Crippen LogP contribution >= 0.6 is 0 Å². The predicted octanol–water partition coefficient (Wildman–Crippen LogP) is 4.13. The number of benzene rings is 1. The number of fused-ring (bicyclic) bond motifs is 1. The van der Waals surface area contributed by atoms with E-state index >= 15 is 0 Å². The summed E-state index contributed by atoms with van der Waals surface area (Å²) in [6.07, 6.45) is 11.9. The van der Waals surface area contributed by atoms with Gasteiger partial charge in [-0.05, 0) is 86.8 Å². The summed E-state index contributed by atoms with van der Waals surface area (Å²) in [7, 11) is 0. The Balaban J connectivity index is 1.12. The minimum Gasteiger partial charge on any atom is -0.493 e. The van der Waals surface area contributed by atoms with Crippen LogP contribution in [0.15, 0.2) is 18.2 Å². The predicted molar refractivity (Wildman–Crippen MR) is 111 cm³/mol. The number of carbonyl (C=O) groups is 1. The van der Waals surface area contributed by atoms with Crippen LogP contribution in [0.4, 0.5) is 0 Å². The summed E-state index contributed by atoms with van der Waals surface area (Å²) in [4.78, 5) is 17.8. The van der Waals surface area contributed by atoms with Gasteiger partial charge in [0.25, 0.3) is 5.91 Å². The third-order valence-corrected chi connectivity index (χ3v) is 7.89. The molecule has 0 unspecified atom stereocenters. The summed E-state index contributed by atoms with van der Waals surface area (Å²) in [6.45, 7) is 6.36. The van der Waals surface area contributed by atoms with Crippen molar-refractivity contribution in [2.45, 2.75) is 57.8 Å². The van der Waals surface area contributed by atoms with E-state index in [1.807, 2.05) is 12.1 Å². The van der Waals surface area contributed by atoms with Crippen molar-refractivity contribution in [3.8, 4) is 5.75 Å². The first kappa shape index (κ1) is 18.5. The van der Waals surface area contributed by atoms with Crippen LogP contribution in [0, 0.1) is 11.3 Å². The molecule has 28 heavy (non-hydrogen) atoms. The smallest absolute Gasteiger partial charge is 0.253 e. The first-order valence-electron chi connectivity index (χ1n) is 11.5. The van der Waals surface area contributed by atoms with Crippen molar-refractivity contribution in [1.82, 2.24) is 9.80 Å². The summed E-state index contributed by atoms with van der Waals surface area (Å²) in [5, 5.41) is 0. The molecule has 1 aromatic carbocycles. The van der Waals surface area contributed by atoms with Gasteiger partial charge in [0.2, 0.25) is 0 Å². The van der Waals surface area contributed by atoms with Crippen molar-refractivity contribution in [1.29, 1.82) is 0 Å². The number of likely N-dealkylation sites (tertiary alicyclic amines) is 2. The van der Waals surface area contributed by atoms with Gasteiger partial charge in [0.05, 0.1) is 6.61 Å². The molecule has 5 rings (SSSR count). The van der Waals surface area contributed by atoms with Gasteiger partial charge in [-0.25, -0.2) is 0 Å². The van der Waals surface area contributed by atoms with E-state index in [2.05, 4.69) is 15.9 Å². The van der Waals surface area contributed by atoms with Crippen molar-refractivity contribution in [3.63, 3.8) is 0 Å². The zero-order valence-electron chi connectivity index (χ0n) is 17.1. The molecular formula is C24H34N2O2. The van der Waals surface area contributed by atoms with Crippen molar-refractivity contribution in [2.75, 3.05) is 39.3 Å². The summed E-state index contributed by atoms with van der Waals surface area (Å²) in [5.41, 5.74) is 2.41. The molecule has 0 atom stereocenters. The molecule has 4 heteroatoms. The minimum absolute atomic E-state index is 0.217. The fraction of sp³-hybridized carbons (Fsp3) is 0.708. The Bertz CT molecular complexity index is 719. The topological polar surface area (TPSA) is 32.8 Å². The lowest BCUT2D eigenvalue weighted by Crippen LogP contribution is -2.42. The standard InChI is InChI=1S/C24H34N2O2/c27-23(21-6-7-22-20(17-21)8-16-28-22)26-15-11-24(18-26)9-13-25(14-10-24)12-2-5-19-3-1-4-19/h6-7,17,19H,1-5,8-16,18H2. The van der Waals surface area contributed by atoms with Crippen molar-refractivity contribution in [2.24, 2.45) is 11.3 Å². The number of piperidine rings is 1. The second kappa shape index (κ2) is 7.70. The number of rotatable bonds is 5. The van der Waals surface area contributed by atoms with Gasteiger partial charge < -0.3 is 14.5 Å². The highest BCUT2D eigenvalue weighted by atomic mass is 16.5. The number of carbonyl (C=O) groups excluding carboxylic acids is 1. The molecule has 1 spiro atoms. The second-order valence-corrected chi connectivity index (χ2v) is 9.68. The molecule has 0 N–H and O–H groups in total. The Hall–Kier alpha value is -1.55. The van der Waals surface area contributed by atoms with E-state index in [9.17, 15) is 4.79 Å². The molecular weight excluding hydrogens is 348 g/mol. The normalized spacial score (nSPS) is 24.2. The summed E-state index contributed by atoms with van der Waals surface area (Å²) < 4.78 is 5.58. The van der Waals surface area contributed by atoms with Crippen LogP contribution < -0.4 is 4.74 Å². The molecule has 3 heterocycles. The van der Waals surface area contributed by atoms with E-state index in [0.717, 1.165) is 43.3 Å². The van der Waals surface area contributed by atoms with E-state index in [-0.39, 0.29) is 5.91 Å². The van der Waals surface area contributed by atoms with Crippen molar-refractivity contribution in [3.05, 3.63) is 29.3 Å². The minimum atomic E-state index is 0.217. The van der Waals surface area contributed by atoms with Gasteiger partial charge in [0, 0.05) is 25.1 Å². The summed E-state index contributed by atoms with van der Waals surface area (Å²) in [5.74, 6) is 2.21. The van der Waals surface area contributed by atoms with Crippen LogP contribution in [0.1, 0.15) is 67.3 Å². The monoisotopic (exact) mass is 382 g/mol. The number of amides is 1. The van der Waals surface area contributed by atoms with Crippen LogP contribution in [0.5, 0.6) is 5.75 Å². The second-order valence-electron chi connectivity index (χ2n) is 9.68. The molecule has 2 saturated heterocycles. The van der Waals surface area contributed by atoms with Crippen molar-refractivity contribution < 1.29 is 9.53 Å². The molecule has 1 amide bonds. The SMILES string of the molecule is O=C(c1ccc2c(c1)CCO2)N1CCC2(CCN(CCCC3CCC3)CC2)C1. The molecule has 4 nitrogen and oxygen atoms in total. The first-order valence-corrected chi connectivity index (χ1v) is 11.5. The van der Waals surface area contributed by atoms with Gasteiger partial charge in [-0.15, -0.1) is 0 Å². The number of hydrogen-bond donors (Lipinski definition) is 0. The molecule has 1 aliphatic carbocycles. The number of hydrogen-bond acceptors (Lipinski definition) is 3. The first-order chi connectivity index (χ1) is 13.7. The molecule has 152 valence electrons. The van der Waals surface area contributed by atoms with Crippen LogP contribution in [0.3, 0.4) is 0 Å². The van der Waals surface area contributed by atoms with Gasteiger partial charge in [-0.3, -0.25) is 4.79 Å². The lowest BCUT2D eigenvalue weighted by molar-refractivity contribution is 0.0716. The molecule has 0 radical (unpaired) electrons. The quantitative estimate of drug-likeness (QED) is 0.768. The summed E-state index contributed by atoms with van der Waals surface area (Å²) in [6, 6.07) is 5.98. The maximum Gasteiger partial charge on any atom is 0.253 e. The van der Waals surface area contributed by atoms with E-state index < -0.39 is 0 Å². The molecule has 3 aliphatic heterocycles. The molecule has 0 aromatic heterocycles. The summed E-state index contributed by atoms with van der Waals surface area (Å²) >= 11 is 0. The Kier molecular flexibility index (Phi) is 5.08. The van der Waals surface area contributed by atoms with E-state index in [0.29, 0.717) is 5.41 Å². The Morgan fingerprint density at radius 2 is 1.96 bits per heavy atom. The Labute approximate surface area is 169 Å². The number of ether oxygens (including phenoxy) is 1. The fourth-order valence-electron chi connectivity index (χ4n) is 5.65. The Morgan fingerprint density at radius 1 is 1.14 bits per heavy atom. The third-order valence-electron chi connectivity index (χ3n) is 7.89. The lowest BCUT2D eigenvalue weighted by atomic mass is 9.77. The fourth-order valence-corrected chi connectivity index (χ4v) is 5.65. The van der Waals surface area contributed by atoms with E-state index in [1.165, 1.54) is 76.6 Å². The van der Waals surface area contributed by atoms with Crippen LogP contribution in [0.2, 0.25) is 0 Å². The highest BCUT2D eigenvalue weighted by Crippen LogP contribution is 2.41. The molecule has 4 aliphatic rings. The molecule has 3 fully saturated rings. The van der Waals surface area contributed by atoms with Gasteiger partial charge in [0.15, 0.2) is 0 Å². The van der Waals surface area contributed by atoms with Crippen LogP contribution in [-0.4, -0.2) is 55.0 Å². The van der Waals surface area contributed by atoms with Gasteiger partial charge in [-0.2, -0.15) is 0 Å². The van der Waals surface area contributed by atoms with Crippen LogP contribution in [-0.2, 0) is 6.42 Å².